The van der Waals surface area contributed by atoms with E-state index in [9.17, 15) is 14.0 Å². The van der Waals surface area contributed by atoms with E-state index in [1.807, 2.05) is 19.9 Å². The molecule has 2 amide bonds. The van der Waals surface area contributed by atoms with Crippen molar-refractivity contribution in [2.75, 3.05) is 39.3 Å². The Hall–Kier alpha value is -1.99. The summed E-state index contributed by atoms with van der Waals surface area (Å²) in [5, 5.41) is 5.72. The second kappa shape index (κ2) is 9.64. The van der Waals surface area contributed by atoms with Gasteiger partial charge < -0.3 is 10.6 Å². The van der Waals surface area contributed by atoms with Gasteiger partial charge in [0.15, 0.2) is 0 Å². The number of halogens is 1. The lowest BCUT2D eigenvalue weighted by Crippen LogP contribution is -2.51. The second-order valence-corrected chi connectivity index (χ2v) is 7.13. The molecule has 1 fully saturated rings. The molecule has 6 nitrogen and oxygen atoms in total. The number of nitrogens with one attached hydrogen (secondary N) is 2. The van der Waals surface area contributed by atoms with Crippen molar-refractivity contribution < 1.29 is 14.0 Å². The SMILES string of the molecule is Cc1ccc(CNC(=O)CN2CCN(CC(=O)NC(C)C)CC2)cc1F. The van der Waals surface area contributed by atoms with Gasteiger partial charge in [-0.2, -0.15) is 0 Å². The average molecular weight is 364 g/mol. The highest BCUT2D eigenvalue weighted by Gasteiger charge is 2.20. The first kappa shape index (κ1) is 20.3. The van der Waals surface area contributed by atoms with Crippen LogP contribution in [0.1, 0.15) is 25.0 Å². The Kier molecular flexibility index (Phi) is 7.53. The second-order valence-electron chi connectivity index (χ2n) is 7.13. The summed E-state index contributed by atoms with van der Waals surface area (Å²) in [4.78, 5) is 28.1. The van der Waals surface area contributed by atoms with Crippen molar-refractivity contribution in [3.8, 4) is 0 Å². The zero-order valence-electron chi connectivity index (χ0n) is 15.8. The van der Waals surface area contributed by atoms with Crippen LogP contribution in [0.25, 0.3) is 0 Å². The summed E-state index contributed by atoms with van der Waals surface area (Å²) in [6.07, 6.45) is 0. The van der Waals surface area contributed by atoms with Crippen LogP contribution in [0.5, 0.6) is 0 Å². The van der Waals surface area contributed by atoms with Crippen LogP contribution in [-0.4, -0.2) is 66.9 Å². The molecule has 0 saturated carbocycles. The third-order valence-corrected chi connectivity index (χ3v) is 4.37. The lowest BCUT2D eigenvalue weighted by Gasteiger charge is -2.33. The van der Waals surface area contributed by atoms with E-state index in [1.165, 1.54) is 6.07 Å². The van der Waals surface area contributed by atoms with Gasteiger partial charge in [0.1, 0.15) is 5.82 Å². The van der Waals surface area contributed by atoms with Crippen molar-refractivity contribution in [1.82, 2.24) is 20.4 Å². The maximum atomic E-state index is 13.5. The highest BCUT2D eigenvalue weighted by atomic mass is 19.1. The van der Waals surface area contributed by atoms with Crippen molar-refractivity contribution in [2.24, 2.45) is 0 Å². The molecule has 1 saturated heterocycles. The number of hydrogen-bond acceptors (Lipinski definition) is 4. The molecular formula is C19H29FN4O2. The number of hydrogen-bond donors (Lipinski definition) is 2. The van der Waals surface area contributed by atoms with Crippen LogP contribution < -0.4 is 10.6 Å². The van der Waals surface area contributed by atoms with E-state index in [2.05, 4.69) is 20.4 Å². The summed E-state index contributed by atoms with van der Waals surface area (Å²) in [6, 6.07) is 5.14. The Morgan fingerprint density at radius 3 is 2.19 bits per heavy atom. The summed E-state index contributed by atoms with van der Waals surface area (Å²) in [7, 11) is 0. The summed E-state index contributed by atoms with van der Waals surface area (Å²) in [5.41, 5.74) is 1.35. The summed E-state index contributed by atoms with van der Waals surface area (Å²) in [6.45, 7) is 9.68. The molecule has 1 heterocycles. The molecule has 0 unspecified atom stereocenters. The number of carbonyl (C=O) groups excluding carboxylic acids is 2. The molecule has 2 rings (SSSR count). The number of aryl methyl sites for hydroxylation is 1. The minimum absolute atomic E-state index is 0.0384. The Morgan fingerprint density at radius 1 is 1.08 bits per heavy atom. The summed E-state index contributed by atoms with van der Waals surface area (Å²) in [5.74, 6) is -0.289. The molecule has 0 bridgehead atoms. The Balaban J connectivity index is 1.67. The van der Waals surface area contributed by atoms with E-state index in [-0.39, 0.29) is 23.7 Å². The van der Waals surface area contributed by atoms with Gasteiger partial charge in [-0.05, 0) is 38.0 Å². The number of amides is 2. The molecular weight excluding hydrogens is 335 g/mol. The predicted octanol–water partition coefficient (Wildman–Crippen LogP) is 0.893. The molecule has 7 heteroatoms. The minimum Gasteiger partial charge on any atom is -0.353 e. The molecule has 0 spiro atoms. The van der Waals surface area contributed by atoms with Gasteiger partial charge in [0.2, 0.25) is 11.8 Å². The Labute approximate surface area is 154 Å². The molecule has 0 aliphatic carbocycles. The van der Waals surface area contributed by atoms with Crippen LogP contribution in [0.3, 0.4) is 0 Å². The van der Waals surface area contributed by atoms with Crippen LogP contribution in [0.15, 0.2) is 18.2 Å². The topological polar surface area (TPSA) is 64.7 Å². The lowest BCUT2D eigenvalue weighted by atomic mass is 10.1. The first-order valence-corrected chi connectivity index (χ1v) is 9.09. The number of benzene rings is 1. The normalized spacial score (nSPS) is 15.9. The van der Waals surface area contributed by atoms with Gasteiger partial charge in [-0.3, -0.25) is 19.4 Å². The largest absolute Gasteiger partial charge is 0.353 e. The van der Waals surface area contributed by atoms with Crippen molar-refractivity contribution in [1.29, 1.82) is 0 Å². The monoisotopic (exact) mass is 364 g/mol. The number of carbonyl (C=O) groups is 2. The van der Waals surface area contributed by atoms with E-state index in [4.69, 9.17) is 0 Å². The predicted molar refractivity (Wildman–Crippen MR) is 99.1 cm³/mol. The zero-order valence-corrected chi connectivity index (χ0v) is 15.8. The molecule has 0 radical (unpaired) electrons. The van der Waals surface area contributed by atoms with Crippen molar-refractivity contribution in [3.63, 3.8) is 0 Å². The number of rotatable bonds is 7. The molecule has 0 atom stereocenters. The summed E-state index contributed by atoms with van der Waals surface area (Å²) >= 11 is 0. The molecule has 1 aliphatic heterocycles. The zero-order chi connectivity index (χ0) is 19.1. The van der Waals surface area contributed by atoms with Crippen molar-refractivity contribution in [3.05, 3.63) is 35.1 Å². The fraction of sp³-hybridized carbons (Fsp3) is 0.579. The first-order chi connectivity index (χ1) is 12.3. The van der Waals surface area contributed by atoms with E-state index >= 15 is 0 Å². The average Bonchev–Trinajstić information content (AvgIpc) is 2.57. The highest BCUT2D eigenvalue weighted by molar-refractivity contribution is 5.78. The Bertz CT molecular complexity index is 628. The standard InChI is InChI=1S/C19H29FN4O2/c1-14(2)22-19(26)13-24-8-6-23(7-9-24)12-18(25)21-11-16-5-4-15(3)17(20)10-16/h4-5,10,14H,6-9,11-13H2,1-3H3,(H,21,25)(H,22,26). The smallest absolute Gasteiger partial charge is 0.234 e. The Morgan fingerprint density at radius 2 is 1.65 bits per heavy atom. The van der Waals surface area contributed by atoms with E-state index in [1.54, 1.807) is 13.0 Å². The van der Waals surface area contributed by atoms with Crippen LogP contribution in [0.4, 0.5) is 4.39 Å². The van der Waals surface area contributed by atoms with E-state index < -0.39 is 0 Å². The van der Waals surface area contributed by atoms with E-state index in [0.29, 0.717) is 25.2 Å². The van der Waals surface area contributed by atoms with Crippen LogP contribution in [0.2, 0.25) is 0 Å². The number of piperazine rings is 1. The third-order valence-electron chi connectivity index (χ3n) is 4.37. The molecule has 0 aromatic heterocycles. The molecule has 144 valence electrons. The molecule has 1 aromatic rings. The van der Waals surface area contributed by atoms with Crippen molar-refractivity contribution >= 4 is 11.8 Å². The lowest BCUT2D eigenvalue weighted by molar-refractivity contribution is -0.125. The van der Waals surface area contributed by atoms with Gasteiger partial charge in [-0.1, -0.05) is 12.1 Å². The summed E-state index contributed by atoms with van der Waals surface area (Å²) < 4.78 is 13.5. The van der Waals surface area contributed by atoms with Gasteiger partial charge in [0, 0.05) is 38.8 Å². The first-order valence-electron chi connectivity index (χ1n) is 9.09. The van der Waals surface area contributed by atoms with Crippen molar-refractivity contribution in [2.45, 2.75) is 33.4 Å². The van der Waals surface area contributed by atoms with Gasteiger partial charge in [-0.25, -0.2) is 4.39 Å². The fourth-order valence-corrected chi connectivity index (χ4v) is 2.88. The van der Waals surface area contributed by atoms with Gasteiger partial charge in [0.05, 0.1) is 13.1 Å². The van der Waals surface area contributed by atoms with E-state index in [0.717, 1.165) is 31.7 Å². The number of nitrogens with zero attached hydrogens (tertiary/aromatic N) is 2. The quantitative estimate of drug-likeness (QED) is 0.754. The molecule has 1 aliphatic rings. The maximum absolute atomic E-state index is 13.5. The van der Waals surface area contributed by atoms with Gasteiger partial charge >= 0.3 is 0 Å². The molecule has 2 N–H and O–H groups in total. The van der Waals surface area contributed by atoms with Gasteiger partial charge in [0.25, 0.3) is 0 Å². The van der Waals surface area contributed by atoms with Crippen LogP contribution >= 0.6 is 0 Å². The minimum atomic E-state index is -0.255. The van der Waals surface area contributed by atoms with Crippen LogP contribution in [-0.2, 0) is 16.1 Å². The van der Waals surface area contributed by atoms with Gasteiger partial charge in [-0.15, -0.1) is 0 Å². The third kappa shape index (κ3) is 6.72. The highest BCUT2D eigenvalue weighted by Crippen LogP contribution is 2.09. The maximum Gasteiger partial charge on any atom is 0.234 e. The van der Waals surface area contributed by atoms with Crippen LogP contribution in [0, 0.1) is 12.7 Å². The fourth-order valence-electron chi connectivity index (χ4n) is 2.88. The molecule has 26 heavy (non-hydrogen) atoms. The molecule has 1 aromatic carbocycles.